The van der Waals surface area contributed by atoms with Crippen LogP contribution in [0.4, 0.5) is 0 Å². The molecule has 6 atom stereocenters. The SMILES string of the molecule is CC(/C=C/C=C(C)/C=C/[C@@]12O[C@]1(C)C[C@@H](O)CC2(C)C)=C\C=C\C=C(C)\C=C\C=C(/C)CCC1C(C)(C)C[C@H](O)C[C@@]1(C)O. The van der Waals surface area contributed by atoms with E-state index >= 15 is 0 Å². The van der Waals surface area contributed by atoms with Crippen LogP contribution in [0.2, 0.25) is 0 Å². The van der Waals surface area contributed by atoms with Crippen LogP contribution in [0, 0.1) is 16.7 Å². The summed E-state index contributed by atoms with van der Waals surface area (Å²) in [6.07, 6.45) is 29.2. The molecule has 244 valence electrons. The molecule has 1 unspecified atom stereocenters. The number of allylic oxidation sites excluding steroid dienone is 15. The van der Waals surface area contributed by atoms with Crippen LogP contribution in [0.1, 0.15) is 108 Å². The topological polar surface area (TPSA) is 73.2 Å². The molecule has 1 aliphatic heterocycles. The lowest BCUT2D eigenvalue weighted by atomic mass is 9.59. The van der Waals surface area contributed by atoms with Crippen molar-refractivity contribution in [2.24, 2.45) is 16.7 Å². The van der Waals surface area contributed by atoms with Crippen molar-refractivity contribution >= 4 is 0 Å². The smallest absolute Gasteiger partial charge is 0.121 e. The highest BCUT2D eigenvalue weighted by Crippen LogP contribution is 2.66. The zero-order chi connectivity index (χ0) is 33.0. The molecule has 4 nitrogen and oxygen atoms in total. The third kappa shape index (κ3) is 8.94. The largest absolute Gasteiger partial charge is 0.393 e. The third-order valence-corrected chi connectivity index (χ3v) is 10.3. The average Bonchev–Trinajstić information content (AvgIpc) is 3.49. The molecule has 0 radical (unpaired) electrons. The van der Waals surface area contributed by atoms with Crippen molar-refractivity contribution in [3.63, 3.8) is 0 Å². The Morgan fingerprint density at radius 1 is 0.682 bits per heavy atom. The van der Waals surface area contributed by atoms with E-state index in [4.69, 9.17) is 4.74 Å². The molecule has 44 heavy (non-hydrogen) atoms. The second-order valence-electron chi connectivity index (χ2n) is 15.7. The molecule has 3 rings (SSSR count). The zero-order valence-electron chi connectivity index (χ0n) is 29.2. The lowest BCUT2D eigenvalue weighted by Gasteiger charge is -2.50. The fraction of sp³-hybridized carbons (Fsp3) is 0.600. The van der Waals surface area contributed by atoms with Gasteiger partial charge in [0, 0.05) is 18.3 Å². The van der Waals surface area contributed by atoms with E-state index in [0.717, 1.165) is 31.3 Å². The highest BCUT2D eigenvalue weighted by Gasteiger charge is 2.74. The fourth-order valence-electron chi connectivity index (χ4n) is 8.06. The Balaban J connectivity index is 1.47. The van der Waals surface area contributed by atoms with Gasteiger partial charge < -0.3 is 20.1 Å². The van der Waals surface area contributed by atoms with Gasteiger partial charge in [0.2, 0.25) is 0 Å². The monoisotopic (exact) mass is 604 g/mol. The molecule has 1 saturated heterocycles. The molecule has 3 N–H and O–H groups in total. The van der Waals surface area contributed by atoms with Crippen molar-refractivity contribution in [3.8, 4) is 0 Å². The Labute approximate surface area is 268 Å². The second kappa shape index (κ2) is 14.0. The van der Waals surface area contributed by atoms with Crippen LogP contribution in [0.3, 0.4) is 0 Å². The Kier molecular flexibility index (Phi) is 11.6. The summed E-state index contributed by atoms with van der Waals surface area (Å²) in [5.74, 6) is 0.167. The minimum atomic E-state index is -0.828. The molecular formula is C40H60O4. The summed E-state index contributed by atoms with van der Waals surface area (Å²) in [5.41, 5.74) is 3.23. The van der Waals surface area contributed by atoms with Gasteiger partial charge in [0.1, 0.15) is 11.2 Å². The minimum absolute atomic E-state index is 0.0778. The van der Waals surface area contributed by atoms with Gasteiger partial charge in [-0.25, -0.2) is 0 Å². The summed E-state index contributed by atoms with van der Waals surface area (Å²) < 4.78 is 6.25. The number of hydrogen-bond acceptors (Lipinski definition) is 4. The summed E-state index contributed by atoms with van der Waals surface area (Å²) in [5, 5.41) is 31.4. The van der Waals surface area contributed by atoms with Gasteiger partial charge in [0.05, 0.1) is 17.8 Å². The van der Waals surface area contributed by atoms with Crippen LogP contribution in [-0.4, -0.2) is 44.3 Å². The number of aliphatic hydroxyl groups excluding tert-OH is 2. The molecule has 1 heterocycles. The van der Waals surface area contributed by atoms with E-state index in [1.165, 1.54) is 16.7 Å². The van der Waals surface area contributed by atoms with Gasteiger partial charge in [0.25, 0.3) is 0 Å². The van der Waals surface area contributed by atoms with Gasteiger partial charge >= 0.3 is 0 Å². The van der Waals surface area contributed by atoms with E-state index in [9.17, 15) is 15.3 Å². The minimum Gasteiger partial charge on any atom is -0.393 e. The third-order valence-electron chi connectivity index (χ3n) is 10.3. The lowest BCUT2D eigenvalue weighted by Crippen LogP contribution is -2.51. The van der Waals surface area contributed by atoms with E-state index in [0.29, 0.717) is 12.8 Å². The van der Waals surface area contributed by atoms with E-state index in [1.54, 1.807) is 0 Å². The quantitative estimate of drug-likeness (QED) is 0.163. The number of aliphatic hydroxyl groups is 3. The number of fused-ring (bicyclic) bond motifs is 1. The number of rotatable bonds is 11. The van der Waals surface area contributed by atoms with Crippen LogP contribution in [0.25, 0.3) is 0 Å². The maximum atomic E-state index is 11.0. The van der Waals surface area contributed by atoms with Crippen molar-refractivity contribution in [2.45, 2.75) is 137 Å². The summed E-state index contributed by atoms with van der Waals surface area (Å²) >= 11 is 0. The van der Waals surface area contributed by atoms with Gasteiger partial charge in [-0.2, -0.15) is 0 Å². The zero-order valence-corrected chi connectivity index (χ0v) is 29.2. The first-order chi connectivity index (χ1) is 20.3. The average molecular weight is 605 g/mol. The van der Waals surface area contributed by atoms with Crippen molar-refractivity contribution in [1.29, 1.82) is 0 Å². The van der Waals surface area contributed by atoms with Crippen molar-refractivity contribution < 1.29 is 20.1 Å². The van der Waals surface area contributed by atoms with Crippen LogP contribution in [0.15, 0.2) is 95.2 Å². The van der Waals surface area contributed by atoms with E-state index < -0.39 is 11.7 Å². The van der Waals surface area contributed by atoms with Gasteiger partial charge in [-0.15, -0.1) is 0 Å². The Hall–Kier alpha value is -2.24. The summed E-state index contributed by atoms with van der Waals surface area (Å²) in [6, 6.07) is 0. The molecule has 0 aromatic carbocycles. The second-order valence-corrected chi connectivity index (χ2v) is 15.7. The molecule has 0 spiro atoms. The normalized spacial score (nSPS) is 36.6. The van der Waals surface area contributed by atoms with E-state index in [1.807, 2.05) is 6.92 Å². The Morgan fingerprint density at radius 2 is 1.20 bits per heavy atom. The summed E-state index contributed by atoms with van der Waals surface area (Å²) in [7, 11) is 0. The maximum Gasteiger partial charge on any atom is 0.121 e. The first kappa shape index (κ1) is 36.2. The molecular weight excluding hydrogens is 544 g/mol. The van der Waals surface area contributed by atoms with Crippen LogP contribution >= 0.6 is 0 Å². The Morgan fingerprint density at radius 3 is 1.77 bits per heavy atom. The van der Waals surface area contributed by atoms with Crippen molar-refractivity contribution in [2.75, 3.05) is 0 Å². The highest BCUT2D eigenvalue weighted by molar-refractivity contribution is 5.36. The molecule has 3 aliphatic rings. The number of hydrogen-bond donors (Lipinski definition) is 3. The summed E-state index contributed by atoms with van der Waals surface area (Å²) in [6.45, 7) is 21.2. The summed E-state index contributed by atoms with van der Waals surface area (Å²) in [4.78, 5) is 0. The van der Waals surface area contributed by atoms with Gasteiger partial charge in [0.15, 0.2) is 0 Å². The van der Waals surface area contributed by atoms with Gasteiger partial charge in [-0.3, -0.25) is 0 Å². The molecule has 4 heteroatoms. The molecule has 0 amide bonds. The van der Waals surface area contributed by atoms with E-state index in [-0.39, 0.29) is 34.1 Å². The standard InChI is InChI=1S/C40H60O4/c1-29(17-13-19-31(3)21-22-35-36(5,6)25-33(41)27-38(35,9)43)15-11-12-16-30(2)18-14-20-32(4)23-24-40-37(7,8)26-34(42)28-39(40,10)44-40/h11-20,23-24,33-35,41-43H,21-22,25-28H2,1-10H3/b12-11+,17-13+,18-14+,24-23+,29-15+,30-16+,31-19+,32-20+/t33-,34-,35?,38+,39+,40-/m0/s1. The molecule has 0 aromatic rings. The van der Waals surface area contributed by atoms with Crippen LogP contribution < -0.4 is 0 Å². The highest BCUT2D eigenvalue weighted by atomic mass is 16.6. The van der Waals surface area contributed by atoms with Crippen LogP contribution in [0.5, 0.6) is 0 Å². The molecule has 2 aliphatic carbocycles. The van der Waals surface area contributed by atoms with Crippen molar-refractivity contribution in [1.82, 2.24) is 0 Å². The Bertz CT molecular complexity index is 1250. The predicted octanol–water partition coefficient (Wildman–Crippen LogP) is 9.03. The fourth-order valence-corrected chi connectivity index (χ4v) is 8.06. The maximum absolute atomic E-state index is 11.0. The first-order valence-corrected chi connectivity index (χ1v) is 16.5. The van der Waals surface area contributed by atoms with E-state index in [2.05, 4.69) is 135 Å². The van der Waals surface area contributed by atoms with Gasteiger partial charge in [-0.05, 0) is 84.6 Å². The van der Waals surface area contributed by atoms with Gasteiger partial charge in [-0.1, -0.05) is 117 Å². The first-order valence-electron chi connectivity index (χ1n) is 16.5. The molecule has 3 fully saturated rings. The molecule has 2 saturated carbocycles. The van der Waals surface area contributed by atoms with Crippen LogP contribution in [-0.2, 0) is 4.74 Å². The lowest BCUT2D eigenvalue weighted by molar-refractivity contribution is -0.131. The molecule has 0 aromatic heterocycles. The molecule has 0 bridgehead atoms. The number of ether oxygens (including phenoxy) is 1. The predicted molar refractivity (Wildman–Crippen MR) is 185 cm³/mol. The number of epoxide rings is 1. The van der Waals surface area contributed by atoms with Crippen molar-refractivity contribution in [3.05, 3.63) is 95.2 Å².